The average Bonchev–Trinajstić information content (AvgIpc) is 2.83. The maximum absolute atomic E-state index is 9.17. The fourth-order valence-corrected chi connectivity index (χ4v) is 3.23. The van der Waals surface area contributed by atoms with Crippen LogP contribution in [0.3, 0.4) is 0 Å². The van der Waals surface area contributed by atoms with Gasteiger partial charge in [-0.3, -0.25) is 0 Å². The minimum absolute atomic E-state index is 0.203. The number of rotatable bonds is 11. The Balaban J connectivity index is 1.98. The smallest absolute Gasteiger partial charge is 0.169 e. The van der Waals surface area contributed by atoms with Crippen LogP contribution in [-0.4, -0.2) is 14.2 Å². The zero-order valence-corrected chi connectivity index (χ0v) is 18.7. The molecule has 0 aromatic heterocycles. The highest BCUT2D eigenvalue weighted by atomic mass is 16.5. The van der Waals surface area contributed by atoms with E-state index in [0.29, 0.717) is 47.3 Å². The first kappa shape index (κ1) is 23.3. The number of methoxy groups -OCH3 is 2. The molecule has 0 unspecified atom stereocenters. The van der Waals surface area contributed by atoms with Crippen molar-refractivity contribution < 1.29 is 18.9 Å². The van der Waals surface area contributed by atoms with Gasteiger partial charge in [0.15, 0.2) is 23.0 Å². The van der Waals surface area contributed by atoms with Crippen molar-refractivity contribution in [2.45, 2.75) is 12.8 Å². The Labute approximate surface area is 193 Å². The quantitative estimate of drug-likeness (QED) is 0.132. The molecule has 3 aromatic carbocycles. The topological polar surface area (TPSA) is 85.7 Å². The van der Waals surface area contributed by atoms with Crippen molar-refractivity contribution in [3.8, 4) is 34.5 Å². The van der Waals surface area contributed by atoms with Crippen molar-refractivity contribution in [1.29, 1.82) is 0 Å². The van der Waals surface area contributed by atoms with Gasteiger partial charge in [0.05, 0.1) is 14.2 Å². The van der Waals surface area contributed by atoms with Gasteiger partial charge in [-0.05, 0) is 65.9 Å². The first-order valence-corrected chi connectivity index (χ1v) is 10.2. The molecule has 7 heteroatoms. The van der Waals surface area contributed by atoms with Crippen LogP contribution in [0.25, 0.3) is 10.4 Å². The van der Waals surface area contributed by atoms with E-state index >= 15 is 0 Å². The van der Waals surface area contributed by atoms with Crippen LogP contribution >= 0.6 is 0 Å². The molecule has 0 N–H and O–H groups in total. The van der Waals surface area contributed by atoms with Crippen LogP contribution in [-0.2, 0) is 12.8 Å². The van der Waals surface area contributed by atoms with E-state index < -0.39 is 0 Å². The Morgan fingerprint density at radius 3 is 1.64 bits per heavy atom. The molecule has 0 amide bonds. The molecule has 0 spiro atoms. The number of benzene rings is 3. The Morgan fingerprint density at radius 2 is 1.24 bits per heavy atom. The molecular formula is C26H25N3O4. The lowest BCUT2D eigenvalue weighted by Gasteiger charge is -2.16. The van der Waals surface area contributed by atoms with Gasteiger partial charge in [-0.1, -0.05) is 35.5 Å². The molecule has 0 aliphatic rings. The summed E-state index contributed by atoms with van der Waals surface area (Å²) in [4.78, 5) is 2.95. The van der Waals surface area contributed by atoms with Gasteiger partial charge in [0.2, 0.25) is 0 Å². The van der Waals surface area contributed by atoms with E-state index in [-0.39, 0.29) is 5.69 Å². The van der Waals surface area contributed by atoms with E-state index in [0.717, 1.165) is 11.1 Å². The second kappa shape index (κ2) is 11.3. The first-order chi connectivity index (χ1) is 16.1. The Morgan fingerprint density at radius 1 is 0.758 bits per heavy atom. The Bertz CT molecular complexity index is 1120. The molecule has 0 aliphatic heterocycles. The number of nitrogens with zero attached hydrogens (tertiary/aromatic N) is 3. The maximum atomic E-state index is 9.17. The van der Waals surface area contributed by atoms with Crippen molar-refractivity contribution in [3.63, 3.8) is 0 Å². The molecule has 168 valence electrons. The Hall–Kier alpha value is -4.35. The third kappa shape index (κ3) is 5.67. The van der Waals surface area contributed by atoms with Crippen LogP contribution in [0.15, 0.2) is 85.0 Å². The van der Waals surface area contributed by atoms with E-state index in [2.05, 4.69) is 23.2 Å². The van der Waals surface area contributed by atoms with Crippen LogP contribution in [0.4, 0.5) is 5.69 Å². The highest BCUT2D eigenvalue weighted by Gasteiger charge is 2.16. The van der Waals surface area contributed by atoms with Gasteiger partial charge in [-0.2, -0.15) is 0 Å². The van der Waals surface area contributed by atoms with Crippen LogP contribution in [0, 0.1) is 0 Å². The van der Waals surface area contributed by atoms with Crippen LogP contribution in [0.2, 0.25) is 0 Å². The van der Waals surface area contributed by atoms with Crippen molar-refractivity contribution in [1.82, 2.24) is 0 Å². The summed E-state index contributed by atoms with van der Waals surface area (Å²) in [5.74, 6) is 2.69. The zero-order valence-electron chi connectivity index (χ0n) is 18.7. The highest BCUT2D eigenvalue weighted by molar-refractivity contribution is 5.65. The molecule has 0 aliphatic carbocycles. The summed E-state index contributed by atoms with van der Waals surface area (Å²) in [7, 11) is 3.13. The zero-order chi connectivity index (χ0) is 23.6. The van der Waals surface area contributed by atoms with Crippen molar-refractivity contribution in [3.05, 3.63) is 101 Å². The minimum atomic E-state index is 0.203. The average molecular weight is 444 g/mol. The number of allylic oxidation sites excluding steroid dienone is 2. The van der Waals surface area contributed by atoms with Crippen molar-refractivity contribution >= 4 is 5.69 Å². The van der Waals surface area contributed by atoms with Crippen molar-refractivity contribution in [2.75, 3.05) is 14.2 Å². The molecule has 0 atom stereocenters. The predicted octanol–water partition coefficient (Wildman–Crippen LogP) is 7.69. The largest absolute Gasteiger partial charge is 0.493 e. The lowest BCUT2D eigenvalue weighted by Crippen LogP contribution is -1.95. The molecule has 0 bridgehead atoms. The number of azide groups is 1. The van der Waals surface area contributed by atoms with Gasteiger partial charge in [0.25, 0.3) is 0 Å². The third-order valence-electron chi connectivity index (χ3n) is 4.76. The third-order valence-corrected chi connectivity index (χ3v) is 4.76. The number of ether oxygens (including phenoxy) is 4. The first-order valence-electron chi connectivity index (χ1n) is 10.2. The van der Waals surface area contributed by atoms with Gasteiger partial charge in [0, 0.05) is 4.91 Å². The SMILES string of the molecule is C=CCc1ccc(Oc2cccc(Oc3ccc(CC=C)cc3OC)c2N=[N+]=[N-])c(OC)c1. The van der Waals surface area contributed by atoms with E-state index in [1.165, 1.54) is 0 Å². The lowest BCUT2D eigenvalue weighted by atomic mass is 10.1. The van der Waals surface area contributed by atoms with Crippen LogP contribution < -0.4 is 18.9 Å². The molecule has 3 aromatic rings. The normalized spacial score (nSPS) is 10.0. The van der Waals surface area contributed by atoms with Gasteiger partial charge < -0.3 is 18.9 Å². The highest BCUT2D eigenvalue weighted by Crippen LogP contribution is 2.45. The van der Waals surface area contributed by atoms with E-state index in [1.54, 1.807) is 44.6 Å². The summed E-state index contributed by atoms with van der Waals surface area (Å²) < 4.78 is 23.1. The summed E-state index contributed by atoms with van der Waals surface area (Å²) in [5, 5.41) is 3.83. The molecule has 0 saturated heterocycles. The standard InChI is InChI=1S/C26H25N3O4/c1-5-8-18-12-14-20(24(16-18)30-3)32-22-10-7-11-23(26(22)28-29-27)33-21-15-13-19(9-6-2)17-25(21)31-4/h5-7,10-17H,1-2,8-9H2,3-4H3. The molecule has 7 nitrogen and oxygen atoms in total. The summed E-state index contributed by atoms with van der Waals surface area (Å²) in [6.45, 7) is 7.52. The fourth-order valence-electron chi connectivity index (χ4n) is 3.23. The molecule has 0 heterocycles. The van der Waals surface area contributed by atoms with Gasteiger partial charge in [0.1, 0.15) is 17.2 Å². The van der Waals surface area contributed by atoms with Gasteiger partial charge >= 0.3 is 0 Å². The molecule has 33 heavy (non-hydrogen) atoms. The van der Waals surface area contributed by atoms with Gasteiger partial charge in [-0.25, -0.2) is 0 Å². The molecule has 0 saturated carbocycles. The molecule has 3 rings (SSSR count). The Kier molecular flexibility index (Phi) is 8.00. The maximum Gasteiger partial charge on any atom is 0.169 e. The van der Waals surface area contributed by atoms with Gasteiger partial charge in [-0.15, -0.1) is 13.2 Å². The number of hydrogen-bond acceptors (Lipinski definition) is 5. The van der Waals surface area contributed by atoms with Crippen LogP contribution in [0.1, 0.15) is 11.1 Å². The molecule has 0 radical (unpaired) electrons. The van der Waals surface area contributed by atoms with Crippen molar-refractivity contribution in [2.24, 2.45) is 5.11 Å². The summed E-state index contributed by atoms with van der Waals surface area (Å²) in [5.41, 5.74) is 11.4. The summed E-state index contributed by atoms with van der Waals surface area (Å²) in [6, 6.07) is 16.3. The monoisotopic (exact) mass is 443 g/mol. The lowest BCUT2D eigenvalue weighted by molar-refractivity contribution is 0.373. The van der Waals surface area contributed by atoms with Crippen LogP contribution in [0.5, 0.6) is 34.5 Å². The summed E-state index contributed by atoms with van der Waals surface area (Å²) in [6.07, 6.45) is 5.04. The minimum Gasteiger partial charge on any atom is -0.493 e. The van der Waals surface area contributed by atoms with E-state index in [9.17, 15) is 5.53 Å². The van der Waals surface area contributed by atoms with E-state index in [4.69, 9.17) is 18.9 Å². The second-order valence-corrected chi connectivity index (χ2v) is 6.95. The molecule has 0 fully saturated rings. The fraction of sp³-hybridized carbons (Fsp3) is 0.154. The summed E-state index contributed by atoms with van der Waals surface area (Å²) >= 11 is 0. The number of hydrogen-bond donors (Lipinski definition) is 0. The molecular weight excluding hydrogens is 418 g/mol. The van der Waals surface area contributed by atoms with E-state index in [1.807, 2.05) is 36.4 Å². The second-order valence-electron chi connectivity index (χ2n) is 6.95. The predicted molar refractivity (Wildman–Crippen MR) is 129 cm³/mol.